The van der Waals surface area contributed by atoms with Gasteiger partial charge in [-0.05, 0) is 54.8 Å². The normalized spacial score (nSPS) is 15.7. The zero-order valence-corrected chi connectivity index (χ0v) is 17.7. The Morgan fingerprint density at radius 2 is 1.80 bits per heavy atom. The fourth-order valence-electron chi connectivity index (χ4n) is 4.04. The van der Waals surface area contributed by atoms with Crippen LogP contribution in [-0.4, -0.2) is 28.4 Å². The van der Waals surface area contributed by atoms with Crippen LogP contribution in [0.5, 0.6) is 5.75 Å². The van der Waals surface area contributed by atoms with Crippen molar-refractivity contribution in [3.05, 3.63) is 89.0 Å². The van der Waals surface area contributed by atoms with Gasteiger partial charge in [0, 0.05) is 18.0 Å². The Morgan fingerprint density at radius 3 is 2.50 bits per heavy atom. The second kappa shape index (κ2) is 7.95. The van der Waals surface area contributed by atoms with Crippen LogP contribution < -0.4 is 9.04 Å². The standard InChI is InChI=1S/C24H23NO4S/c1-17-9-11-22(12-10-17)30(27,28)25-15-20(13-18-5-3-7-21(14-18)29-2)24-19(16-26)6-4-8-23(24)25/h3-12,14,16,20H,13,15H2,1-2H3/t20-/m0/s1. The van der Waals surface area contributed by atoms with Gasteiger partial charge in [-0.2, -0.15) is 0 Å². The zero-order chi connectivity index (χ0) is 21.3. The molecule has 6 heteroatoms. The smallest absolute Gasteiger partial charge is 0.264 e. The van der Waals surface area contributed by atoms with Gasteiger partial charge in [-0.1, -0.05) is 42.0 Å². The van der Waals surface area contributed by atoms with Crippen LogP contribution in [0.1, 0.15) is 33.0 Å². The van der Waals surface area contributed by atoms with Crippen molar-refractivity contribution in [2.24, 2.45) is 0 Å². The summed E-state index contributed by atoms with van der Waals surface area (Å²) in [4.78, 5) is 12.0. The van der Waals surface area contributed by atoms with Gasteiger partial charge >= 0.3 is 0 Å². The molecule has 5 nitrogen and oxygen atoms in total. The van der Waals surface area contributed by atoms with E-state index < -0.39 is 10.0 Å². The molecule has 0 N–H and O–H groups in total. The Labute approximate surface area is 177 Å². The number of aryl methyl sites for hydroxylation is 1. The first-order valence-electron chi connectivity index (χ1n) is 9.74. The summed E-state index contributed by atoms with van der Waals surface area (Å²) in [7, 11) is -2.12. The third-order valence-electron chi connectivity index (χ3n) is 5.53. The molecule has 0 aliphatic carbocycles. The molecule has 30 heavy (non-hydrogen) atoms. The Morgan fingerprint density at radius 1 is 1.07 bits per heavy atom. The fourth-order valence-corrected chi connectivity index (χ4v) is 5.57. The van der Waals surface area contributed by atoms with Crippen molar-refractivity contribution in [2.75, 3.05) is 18.0 Å². The van der Waals surface area contributed by atoms with E-state index in [1.807, 2.05) is 31.2 Å². The first-order chi connectivity index (χ1) is 14.4. The van der Waals surface area contributed by atoms with Crippen LogP contribution in [0, 0.1) is 6.92 Å². The second-order valence-electron chi connectivity index (χ2n) is 7.50. The van der Waals surface area contributed by atoms with Crippen molar-refractivity contribution in [1.82, 2.24) is 0 Å². The van der Waals surface area contributed by atoms with Gasteiger partial charge < -0.3 is 4.74 Å². The molecule has 3 aromatic carbocycles. The lowest BCUT2D eigenvalue weighted by atomic mass is 9.90. The quantitative estimate of drug-likeness (QED) is 0.555. The summed E-state index contributed by atoms with van der Waals surface area (Å²) >= 11 is 0. The van der Waals surface area contributed by atoms with Crippen LogP contribution in [0.25, 0.3) is 0 Å². The van der Waals surface area contributed by atoms with E-state index >= 15 is 0 Å². The van der Waals surface area contributed by atoms with Gasteiger partial charge in [0.25, 0.3) is 10.0 Å². The Balaban J connectivity index is 1.76. The topological polar surface area (TPSA) is 63.7 Å². The molecule has 0 bridgehead atoms. The van der Waals surface area contributed by atoms with E-state index in [9.17, 15) is 13.2 Å². The molecule has 4 rings (SSSR count). The second-order valence-corrected chi connectivity index (χ2v) is 9.36. The number of sulfonamides is 1. The Hall–Kier alpha value is -3.12. The van der Waals surface area contributed by atoms with Gasteiger partial charge in [0.15, 0.2) is 0 Å². The molecule has 0 unspecified atom stereocenters. The fraction of sp³-hybridized carbons (Fsp3) is 0.208. The van der Waals surface area contributed by atoms with Crippen LogP contribution in [0.2, 0.25) is 0 Å². The van der Waals surface area contributed by atoms with Gasteiger partial charge in [0.2, 0.25) is 0 Å². The number of aldehydes is 1. The number of carbonyl (C=O) groups is 1. The van der Waals surface area contributed by atoms with Gasteiger partial charge in [-0.3, -0.25) is 9.10 Å². The lowest BCUT2D eigenvalue weighted by molar-refractivity contribution is 0.112. The Bertz CT molecular complexity index is 1190. The van der Waals surface area contributed by atoms with Gasteiger partial charge in [-0.15, -0.1) is 0 Å². The summed E-state index contributed by atoms with van der Waals surface area (Å²) in [6.45, 7) is 2.20. The Kier molecular flexibility index (Phi) is 5.35. The molecule has 1 aliphatic rings. The first-order valence-corrected chi connectivity index (χ1v) is 11.2. The molecule has 0 amide bonds. The van der Waals surface area contributed by atoms with Gasteiger partial charge in [0.05, 0.1) is 17.7 Å². The van der Waals surface area contributed by atoms with Crippen LogP contribution >= 0.6 is 0 Å². The highest BCUT2D eigenvalue weighted by Gasteiger charge is 2.38. The van der Waals surface area contributed by atoms with Crippen LogP contribution in [0.4, 0.5) is 5.69 Å². The minimum Gasteiger partial charge on any atom is -0.497 e. The number of hydrogen-bond donors (Lipinski definition) is 0. The molecule has 0 saturated heterocycles. The number of methoxy groups -OCH3 is 1. The lowest BCUT2D eigenvalue weighted by Gasteiger charge is -2.20. The highest BCUT2D eigenvalue weighted by Crippen LogP contribution is 2.42. The highest BCUT2D eigenvalue weighted by atomic mass is 32.2. The third kappa shape index (κ3) is 3.59. The van der Waals surface area contributed by atoms with Crippen molar-refractivity contribution in [3.63, 3.8) is 0 Å². The van der Waals surface area contributed by atoms with Crippen molar-refractivity contribution < 1.29 is 17.9 Å². The molecule has 0 fully saturated rings. The molecular weight excluding hydrogens is 398 g/mol. The summed E-state index contributed by atoms with van der Waals surface area (Å²) in [6, 6.07) is 19.8. The summed E-state index contributed by atoms with van der Waals surface area (Å²) in [5.41, 5.74) is 3.91. The average Bonchev–Trinajstić information content (AvgIpc) is 3.13. The largest absolute Gasteiger partial charge is 0.497 e. The number of fused-ring (bicyclic) bond motifs is 1. The van der Waals surface area contributed by atoms with E-state index in [2.05, 4.69) is 0 Å². The molecule has 1 heterocycles. The number of hydrogen-bond acceptors (Lipinski definition) is 4. The van der Waals surface area contributed by atoms with Gasteiger partial charge in [0.1, 0.15) is 12.0 Å². The molecule has 154 valence electrons. The number of ether oxygens (including phenoxy) is 1. The third-order valence-corrected chi connectivity index (χ3v) is 7.33. The lowest BCUT2D eigenvalue weighted by Crippen LogP contribution is -2.30. The minimum absolute atomic E-state index is 0.131. The predicted molar refractivity (Wildman–Crippen MR) is 117 cm³/mol. The number of rotatable bonds is 6. The monoisotopic (exact) mass is 421 g/mol. The van der Waals surface area contributed by atoms with E-state index in [1.165, 1.54) is 4.31 Å². The maximum absolute atomic E-state index is 13.4. The molecule has 0 radical (unpaired) electrons. The van der Waals surface area contributed by atoms with Crippen LogP contribution in [-0.2, 0) is 16.4 Å². The molecular formula is C24H23NO4S. The number of nitrogens with zero attached hydrogens (tertiary/aromatic N) is 1. The molecule has 0 aromatic heterocycles. The summed E-state index contributed by atoms with van der Waals surface area (Å²) in [6.07, 6.45) is 1.41. The SMILES string of the molecule is COc1cccc(C[C@H]2CN(S(=O)(=O)c3ccc(C)cc3)c3cccc(C=O)c32)c1. The highest BCUT2D eigenvalue weighted by molar-refractivity contribution is 7.92. The van der Waals surface area contributed by atoms with E-state index in [4.69, 9.17) is 4.74 Å². The van der Waals surface area contributed by atoms with Crippen molar-refractivity contribution in [3.8, 4) is 5.75 Å². The van der Waals surface area contributed by atoms with E-state index in [0.29, 0.717) is 17.7 Å². The number of benzene rings is 3. The molecule has 3 aromatic rings. The maximum atomic E-state index is 13.4. The van der Waals surface area contributed by atoms with E-state index in [1.54, 1.807) is 49.6 Å². The molecule has 0 saturated carbocycles. The number of anilines is 1. The zero-order valence-electron chi connectivity index (χ0n) is 16.9. The maximum Gasteiger partial charge on any atom is 0.264 e. The van der Waals surface area contributed by atoms with Crippen LogP contribution in [0.3, 0.4) is 0 Å². The summed E-state index contributed by atoms with van der Waals surface area (Å²) in [5.74, 6) is 0.618. The molecule has 0 spiro atoms. The summed E-state index contributed by atoms with van der Waals surface area (Å²) in [5, 5.41) is 0. The van der Waals surface area contributed by atoms with Crippen molar-refractivity contribution >= 4 is 22.0 Å². The minimum atomic E-state index is -3.74. The van der Waals surface area contributed by atoms with Crippen molar-refractivity contribution in [2.45, 2.75) is 24.2 Å². The average molecular weight is 422 g/mol. The first kappa shape index (κ1) is 20.2. The predicted octanol–water partition coefficient (Wildman–Crippen LogP) is 4.35. The van der Waals surface area contributed by atoms with E-state index in [-0.39, 0.29) is 17.4 Å². The van der Waals surface area contributed by atoms with Crippen LogP contribution in [0.15, 0.2) is 71.6 Å². The summed E-state index contributed by atoms with van der Waals surface area (Å²) < 4.78 is 33.6. The molecule has 1 atom stereocenters. The van der Waals surface area contributed by atoms with Crippen molar-refractivity contribution in [1.29, 1.82) is 0 Å². The van der Waals surface area contributed by atoms with Gasteiger partial charge in [-0.25, -0.2) is 8.42 Å². The van der Waals surface area contributed by atoms with E-state index in [0.717, 1.165) is 28.7 Å². The molecule has 1 aliphatic heterocycles. The number of carbonyl (C=O) groups excluding carboxylic acids is 1.